The van der Waals surface area contributed by atoms with Crippen molar-refractivity contribution < 1.29 is 14.8 Å². The molecule has 0 saturated heterocycles. The van der Waals surface area contributed by atoms with E-state index in [4.69, 9.17) is 5.11 Å². The molecule has 0 fully saturated rings. The number of rotatable bonds is 4. The summed E-state index contributed by atoms with van der Waals surface area (Å²) < 4.78 is 2.00. The lowest BCUT2D eigenvalue weighted by atomic mass is 10.2. The van der Waals surface area contributed by atoms with Crippen LogP contribution >= 0.6 is 27.7 Å². The van der Waals surface area contributed by atoms with Crippen LogP contribution in [0, 0.1) is 10.1 Å². The fourth-order valence-electron chi connectivity index (χ4n) is 1.51. The van der Waals surface area contributed by atoms with Gasteiger partial charge in [-0.25, -0.2) is 4.79 Å². The minimum Gasteiger partial charge on any atom is -0.478 e. The molecule has 0 aliphatic heterocycles. The van der Waals surface area contributed by atoms with Gasteiger partial charge in [0.2, 0.25) is 5.03 Å². The average Bonchev–Trinajstić information content (AvgIpc) is 2.70. The zero-order chi connectivity index (χ0) is 14.9. The number of aromatic nitrogens is 2. The predicted octanol–water partition coefficient (Wildman–Crippen LogP) is 2.94. The van der Waals surface area contributed by atoms with Gasteiger partial charge in [0, 0.05) is 16.4 Å². The first-order valence-corrected chi connectivity index (χ1v) is 6.88. The van der Waals surface area contributed by atoms with Gasteiger partial charge < -0.3 is 5.11 Å². The van der Waals surface area contributed by atoms with E-state index in [2.05, 4.69) is 21.0 Å². The lowest BCUT2D eigenvalue weighted by Gasteiger charge is -2.04. The molecule has 1 aromatic carbocycles. The van der Waals surface area contributed by atoms with Crippen LogP contribution in [0.15, 0.2) is 38.8 Å². The quantitative estimate of drug-likeness (QED) is 0.667. The third-order valence-electron chi connectivity index (χ3n) is 2.35. The van der Waals surface area contributed by atoms with Crippen molar-refractivity contribution in [3.63, 3.8) is 0 Å². The maximum Gasteiger partial charge on any atom is 0.336 e. The number of hydrogen-bond acceptors (Lipinski definition) is 5. The molecule has 2 aromatic rings. The van der Waals surface area contributed by atoms with Crippen LogP contribution in [0.25, 0.3) is 0 Å². The molecule has 0 unspecified atom stereocenters. The Hall–Kier alpha value is -1.87. The first-order valence-electron chi connectivity index (χ1n) is 5.27. The van der Waals surface area contributed by atoms with Gasteiger partial charge in [-0.3, -0.25) is 14.8 Å². The van der Waals surface area contributed by atoms with Gasteiger partial charge >= 0.3 is 11.7 Å². The van der Waals surface area contributed by atoms with Crippen LogP contribution in [0.3, 0.4) is 0 Å². The van der Waals surface area contributed by atoms with Crippen molar-refractivity contribution >= 4 is 39.3 Å². The molecule has 20 heavy (non-hydrogen) atoms. The maximum absolute atomic E-state index is 11.2. The molecule has 0 aliphatic rings. The Bertz CT molecular complexity index is 701. The summed E-state index contributed by atoms with van der Waals surface area (Å²) >= 11 is 4.19. The topological polar surface area (TPSA) is 98.3 Å². The molecule has 9 heteroatoms. The molecule has 1 aromatic heterocycles. The van der Waals surface area contributed by atoms with Gasteiger partial charge in [-0.15, -0.1) is 0 Å². The van der Waals surface area contributed by atoms with E-state index in [1.165, 1.54) is 16.9 Å². The summed E-state index contributed by atoms with van der Waals surface area (Å²) in [5.74, 6) is -1.10. The smallest absolute Gasteiger partial charge is 0.336 e. The van der Waals surface area contributed by atoms with Crippen LogP contribution in [-0.2, 0) is 7.05 Å². The minimum absolute atomic E-state index is 0.0677. The molecule has 0 bridgehead atoms. The molecule has 1 heterocycles. The summed E-state index contributed by atoms with van der Waals surface area (Å²) in [5, 5.41) is 24.2. The number of benzene rings is 1. The number of nitro groups is 1. The summed E-state index contributed by atoms with van der Waals surface area (Å²) in [6.45, 7) is 0. The third kappa shape index (κ3) is 2.99. The van der Waals surface area contributed by atoms with Gasteiger partial charge in [-0.05, 0) is 18.2 Å². The van der Waals surface area contributed by atoms with E-state index in [1.807, 2.05) is 0 Å². The molecule has 1 N–H and O–H groups in total. The van der Waals surface area contributed by atoms with E-state index >= 15 is 0 Å². The van der Waals surface area contributed by atoms with Crippen molar-refractivity contribution in [2.24, 2.45) is 7.05 Å². The molecule has 0 aliphatic carbocycles. The van der Waals surface area contributed by atoms with E-state index in [-0.39, 0.29) is 16.3 Å². The first-order chi connectivity index (χ1) is 9.38. The fraction of sp³-hybridized carbons (Fsp3) is 0.0909. The van der Waals surface area contributed by atoms with Gasteiger partial charge in [-0.2, -0.15) is 5.10 Å². The molecule has 0 radical (unpaired) electrons. The van der Waals surface area contributed by atoms with E-state index < -0.39 is 10.9 Å². The van der Waals surface area contributed by atoms with Gasteiger partial charge in [0.1, 0.15) is 6.20 Å². The zero-order valence-corrected chi connectivity index (χ0v) is 12.5. The summed E-state index contributed by atoms with van der Waals surface area (Å²) in [5.41, 5.74) is -0.0908. The molecular weight excluding hydrogens is 350 g/mol. The van der Waals surface area contributed by atoms with Crippen molar-refractivity contribution in [1.82, 2.24) is 9.78 Å². The Balaban J connectivity index is 2.47. The molecule has 2 rings (SSSR count). The Labute approximate surface area is 125 Å². The molecule has 104 valence electrons. The largest absolute Gasteiger partial charge is 0.478 e. The van der Waals surface area contributed by atoms with Crippen LogP contribution in [0.5, 0.6) is 0 Å². The molecule has 0 spiro atoms. The Morgan fingerprint density at radius 3 is 2.85 bits per heavy atom. The van der Waals surface area contributed by atoms with Gasteiger partial charge in [0.25, 0.3) is 0 Å². The fourth-order valence-corrected chi connectivity index (χ4v) is 3.09. The third-order valence-corrected chi connectivity index (χ3v) is 3.89. The lowest BCUT2D eigenvalue weighted by Crippen LogP contribution is -1.99. The normalized spacial score (nSPS) is 10.5. The highest BCUT2D eigenvalue weighted by atomic mass is 79.9. The second-order valence-electron chi connectivity index (χ2n) is 3.80. The van der Waals surface area contributed by atoms with Crippen LogP contribution < -0.4 is 0 Å². The SMILES string of the molecule is Cn1cc([N+](=O)[O-])c(Sc2cc(Br)ccc2C(=O)O)n1. The Morgan fingerprint density at radius 2 is 2.25 bits per heavy atom. The van der Waals surface area contributed by atoms with Crippen LogP contribution in [-0.4, -0.2) is 25.8 Å². The number of halogens is 1. The number of carboxylic acids is 1. The highest BCUT2D eigenvalue weighted by molar-refractivity contribution is 9.10. The predicted molar refractivity (Wildman–Crippen MR) is 75.1 cm³/mol. The number of hydrogen-bond donors (Lipinski definition) is 1. The van der Waals surface area contributed by atoms with E-state index in [9.17, 15) is 14.9 Å². The van der Waals surface area contributed by atoms with Crippen molar-refractivity contribution in [3.8, 4) is 0 Å². The average molecular weight is 358 g/mol. The number of aryl methyl sites for hydroxylation is 1. The second kappa shape index (κ2) is 5.63. The van der Waals surface area contributed by atoms with Gasteiger partial charge in [-0.1, -0.05) is 27.7 Å². The highest BCUT2D eigenvalue weighted by Gasteiger charge is 2.22. The van der Waals surface area contributed by atoms with E-state index in [0.717, 1.165) is 11.8 Å². The summed E-state index contributed by atoms with van der Waals surface area (Å²) in [4.78, 5) is 21.9. The molecular formula is C11H8BrN3O4S. The maximum atomic E-state index is 11.2. The Kier molecular flexibility index (Phi) is 4.09. The molecule has 0 amide bonds. The van der Waals surface area contributed by atoms with Gasteiger partial charge in [0.05, 0.1) is 10.5 Å². The minimum atomic E-state index is -1.10. The number of carboxylic acid groups (broad SMARTS) is 1. The monoisotopic (exact) mass is 357 g/mol. The zero-order valence-electron chi connectivity index (χ0n) is 10.1. The molecule has 7 nitrogen and oxygen atoms in total. The number of carbonyl (C=O) groups is 1. The van der Waals surface area contributed by atoms with Gasteiger partial charge in [0.15, 0.2) is 0 Å². The van der Waals surface area contributed by atoms with Crippen LogP contribution in [0.4, 0.5) is 5.69 Å². The summed E-state index contributed by atoms with van der Waals surface area (Å²) in [6, 6.07) is 4.62. The van der Waals surface area contributed by atoms with E-state index in [1.54, 1.807) is 19.2 Å². The summed E-state index contributed by atoms with van der Waals surface area (Å²) in [6.07, 6.45) is 1.28. The number of aromatic carboxylic acids is 1. The Morgan fingerprint density at radius 1 is 1.55 bits per heavy atom. The standard InChI is InChI=1S/C11H8BrN3O4S/c1-14-5-8(15(18)19)10(13-14)20-9-4-6(12)2-3-7(9)11(16)17/h2-5H,1H3,(H,16,17). The number of nitrogens with zero attached hydrogens (tertiary/aromatic N) is 3. The van der Waals surface area contributed by atoms with Crippen molar-refractivity contribution in [3.05, 3.63) is 44.5 Å². The van der Waals surface area contributed by atoms with Crippen LogP contribution in [0.2, 0.25) is 0 Å². The van der Waals surface area contributed by atoms with Crippen molar-refractivity contribution in [2.45, 2.75) is 9.92 Å². The molecule has 0 saturated carbocycles. The van der Waals surface area contributed by atoms with Crippen molar-refractivity contribution in [1.29, 1.82) is 0 Å². The van der Waals surface area contributed by atoms with Crippen molar-refractivity contribution in [2.75, 3.05) is 0 Å². The highest BCUT2D eigenvalue weighted by Crippen LogP contribution is 2.36. The van der Waals surface area contributed by atoms with Crippen LogP contribution in [0.1, 0.15) is 10.4 Å². The second-order valence-corrected chi connectivity index (χ2v) is 5.74. The lowest BCUT2D eigenvalue weighted by molar-refractivity contribution is -0.387. The van der Waals surface area contributed by atoms with E-state index in [0.29, 0.717) is 9.37 Å². The first kappa shape index (κ1) is 14.5. The summed E-state index contributed by atoms with van der Waals surface area (Å²) in [7, 11) is 1.57. The molecule has 0 atom stereocenters.